The van der Waals surface area contributed by atoms with Crippen LogP contribution in [-0.4, -0.2) is 45.4 Å². The van der Waals surface area contributed by atoms with Crippen molar-refractivity contribution in [1.29, 1.82) is 0 Å². The quantitative estimate of drug-likeness (QED) is 0.626. The number of anilines is 1. The Bertz CT molecular complexity index is 1010. The van der Waals surface area contributed by atoms with Crippen molar-refractivity contribution >= 4 is 33.2 Å². The van der Waals surface area contributed by atoms with Crippen LogP contribution in [0.3, 0.4) is 0 Å². The lowest BCUT2D eigenvalue weighted by Crippen LogP contribution is -2.45. The first-order valence-electron chi connectivity index (χ1n) is 10.1. The third-order valence-corrected chi connectivity index (χ3v) is 7.57. The van der Waals surface area contributed by atoms with Crippen LogP contribution in [0.1, 0.15) is 32.1 Å². The summed E-state index contributed by atoms with van der Waals surface area (Å²) in [6, 6.07) is 11.0. The van der Waals surface area contributed by atoms with Gasteiger partial charge >= 0.3 is 0 Å². The predicted octanol–water partition coefficient (Wildman–Crippen LogP) is 4.32. The molecule has 2 aromatic carbocycles. The van der Waals surface area contributed by atoms with Gasteiger partial charge in [-0.25, -0.2) is 8.42 Å². The molecule has 0 heterocycles. The van der Waals surface area contributed by atoms with E-state index in [1.807, 2.05) is 0 Å². The Morgan fingerprint density at radius 3 is 2.32 bits per heavy atom. The van der Waals surface area contributed by atoms with Crippen molar-refractivity contribution in [3.8, 4) is 11.5 Å². The van der Waals surface area contributed by atoms with Gasteiger partial charge in [-0.15, -0.1) is 0 Å². The first-order chi connectivity index (χ1) is 14.8. The van der Waals surface area contributed by atoms with Crippen LogP contribution >= 0.6 is 11.6 Å². The van der Waals surface area contributed by atoms with Crippen molar-refractivity contribution in [2.45, 2.75) is 43.0 Å². The summed E-state index contributed by atoms with van der Waals surface area (Å²) >= 11 is 6.17. The number of halogens is 1. The first-order valence-corrected chi connectivity index (χ1v) is 12.0. The van der Waals surface area contributed by atoms with E-state index in [0.717, 1.165) is 32.1 Å². The summed E-state index contributed by atoms with van der Waals surface area (Å²) in [5.41, 5.74) is 0.569. The number of nitrogens with zero attached hydrogens (tertiary/aromatic N) is 1. The molecule has 0 bridgehead atoms. The minimum absolute atomic E-state index is 0.0427. The van der Waals surface area contributed by atoms with E-state index in [2.05, 4.69) is 5.32 Å². The molecule has 7 nitrogen and oxygen atoms in total. The predicted molar refractivity (Wildman–Crippen MR) is 120 cm³/mol. The third kappa shape index (κ3) is 5.70. The summed E-state index contributed by atoms with van der Waals surface area (Å²) in [6.45, 7) is -0.275. The molecule has 0 aromatic heterocycles. The van der Waals surface area contributed by atoms with Gasteiger partial charge in [0.25, 0.3) is 0 Å². The summed E-state index contributed by atoms with van der Waals surface area (Å²) in [7, 11) is -0.907. The van der Waals surface area contributed by atoms with Crippen molar-refractivity contribution in [3.05, 3.63) is 47.5 Å². The lowest BCUT2D eigenvalue weighted by Gasteiger charge is -2.33. The molecule has 1 aliphatic rings. The fraction of sp³-hybridized carbons (Fsp3) is 0.409. The number of nitrogens with one attached hydrogen (secondary N) is 1. The number of carbonyl (C=O) groups is 1. The number of rotatable bonds is 8. The fourth-order valence-electron chi connectivity index (χ4n) is 3.74. The van der Waals surface area contributed by atoms with Crippen molar-refractivity contribution in [1.82, 2.24) is 4.31 Å². The lowest BCUT2D eigenvalue weighted by atomic mass is 9.95. The van der Waals surface area contributed by atoms with Gasteiger partial charge in [-0.2, -0.15) is 4.31 Å². The largest absolute Gasteiger partial charge is 0.497 e. The van der Waals surface area contributed by atoms with Crippen LogP contribution in [0.2, 0.25) is 5.02 Å². The van der Waals surface area contributed by atoms with E-state index in [0.29, 0.717) is 17.2 Å². The molecule has 0 spiro atoms. The molecule has 31 heavy (non-hydrogen) atoms. The molecule has 0 atom stereocenters. The van der Waals surface area contributed by atoms with Gasteiger partial charge in [0.1, 0.15) is 11.5 Å². The maximum absolute atomic E-state index is 13.5. The van der Waals surface area contributed by atoms with Gasteiger partial charge in [0, 0.05) is 11.7 Å². The summed E-state index contributed by atoms with van der Waals surface area (Å²) in [5.74, 6) is 0.654. The molecule has 0 aliphatic heterocycles. The summed E-state index contributed by atoms with van der Waals surface area (Å²) in [6.07, 6.45) is 4.37. The van der Waals surface area contributed by atoms with E-state index < -0.39 is 15.9 Å². The number of hydrogen-bond acceptors (Lipinski definition) is 5. The Morgan fingerprint density at radius 2 is 1.74 bits per heavy atom. The van der Waals surface area contributed by atoms with Crippen LogP contribution in [0.4, 0.5) is 5.69 Å². The second-order valence-electron chi connectivity index (χ2n) is 7.42. The van der Waals surface area contributed by atoms with Gasteiger partial charge in [-0.3, -0.25) is 4.79 Å². The number of benzene rings is 2. The molecular formula is C22H27ClN2O5S. The highest BCUT2D eigenvalue weighted by atomic mass is 35.5. The monoisotopic (exact) mass is 466 g/mol. The van der Waals surface area contributed by atoms with E-state index in [1.165, 1.54) is 29.6 Å². The molecule has 168 valence electrons. The SMILES string of the molecule is COc1ccc(NC(=O)CN(C2CCCCC2)S(=O)(=O)c2ccc(OC)c(Cl)c2)cc1. The van der Waals surface area contributed by atoms with Gasteiger partial charge in [0.2, 0.25) is 15.9 Å². The molecule has 2 aromatic rings. The number of sulfonamides is 1. The van der Waals surface area contributed by atoms with Crippen LogP contribution in [0.25, 0.3) is 0 Å². The van der Waals surface area contributed by atoms with Gasteiger partial charge in [0.15, 0.2) is 0 Å². The number of methoxy groups -OCH3 is 2. The normalized spacial score (nSPS) is 15.0. The Kier molecular flexibility index (Phi) is 7.80. The van der Waals surface area contributed by atoms with E-state index in [9.17, 15) is 13.2 Å². The second kappa shape index (κ2) is 10.3. The van der Waals surface area contributed by atoms with Crippen LogP contribution in [0.5, 0.6) is 11.5 Å². The van der Waals surface area contributed by atoms with Gasteiger partial charge in [0.05, 0.1) is 30.7 Å². The van der Waals surface area contributed by atoms with Gasteiger partial charge in [-0.05, 0) is 55.3 Å². The summed E-state index contributed by atoms with van der Waals surface area (Å²) < 4.78 is 38.5. The van der Waals surface area contributed by atoms with E-state index in [-0.39, 0.29) is 22.5 Å². The first kappa shape index (κ1) is 23.4. The molecule has 0 radical (unpaired) electrons. The van der Waals surface area contributed by atoms with Crippen molar-refractivity contribution in [2.24, 2.45) is 0 Å². The Hall–Kier alpha value is -2.29. The van der Waals surface area contributed by atoms with Crippen molar-refractivity contribution in [3.63, 3.8) is 0 Å². The van der Waals surface area contributed by atoms with Crippen LogP contribution in [-0.2, 0) is 14.8 Å². The fourth-order valence-corrected chi connectivity index (χ4v) is 5.73. The molecule has 1 fully saturated rings. The van der Waals surface area contributed by atoms with Crippen LogP contribution < -0.4 is 14.8 Å². The molecular weight excluding hydrogens is 440 g/mol. The van der Waals surface area contributed by atoms with Gasteiger partial charge in [-0.1, -0.05) is 30.9 Å². The molecule has 1 saturated carbocycles. The Labute approximate surface area is 188 Å². The van der Waals surface area contributed by atoms with Crippen molar-refractivity contribution < 1.29 is 22.7 Å². The zero-order valence-corrected chi connectivity index (χ0v) is 19.2. The average molecular weight is 467 g/mol. The highest BCUT2D eigenvalue weighted by molar-refractivity contribution is 7.89. The van der Waals surface area contributed by atoms with Gasteiger partial charge < -0.3 is 14.8 Å². The minimum Gasteiger partial charge on any atom is -0.497 e. The number of amides is 1. The van der Waals surface area contributed by atoms with E-state index >= 15 is 0 Å². The van der Waals surface area contributed by atoms with Crippen LogP contribution in [0, 0.1) is 0 Å². The van der Waals surface area contributed by atoms with E-state index in [1.54, 1.807) is 31.4 Å². The molecule has 0 unspecified atom stereocenters. The molecule has 3 rings (SSSR count). The summed E-state index contributed by atoms with van der Waals surface area (Å²) in [5, 5.41) is 2.97. The standard InChI is InChI=1S/C22H27ClN2O5S/c1-29-18-10-8-16(9-11-18)24-22(26)15-25(17-6-4-3-5-7-17)31(27,28)19-12-13-21(30-2)20(23)14-19/h8-14,17H,3-7,15H2,1-2H3,(H,24,26). The minimum atomic E-state index is -3.93. The summed E-state index contributed by atoms with van der Waals surface area (Å²) in [4.78, 5) is 12.8. The molecule has 9 heteroatoms. The highest BCUT2D eigenvalue weighted by Gasteiger charge is 2.34. The topological polar surface area (TPSA) is 84.9 Å². The third-order valence-electron chi connectivity index (χ3n) is 5.39. The maximum atomic E-state index is 13.5. The van der Waals surface area contributed by atoms with E-state index in [4.69, 9.17) is 21.1 Å². The lowest BCUT2D eigenvalue weighted by molar-refractivity contribution is -0.116. The number of hydrogen-bond donors (Lipinski definition) is 1. The Balaban J connectivity index is 1.84. The smallest absolute Gasteiger partial charge is 0.243 e. The average Bonchev–Trinajstić information content (AvgIpc) is 2.78. The molecule has 1 amide bonds. The molecule has 1 aliphatic carbocycles. The number of carbonyl (C=O) groups excluding carboxylic acids is 1. The van der Waals surface area contributed by atoms with Crippen LogP contribution in [0.15, 0.2) is 47.4 Å². The Morgan fingerprint density at radius 1 is 1.06 bits per heavy atom. The maximum Gasteiger partial charge on any atom is 0.243 e. The highest BCUT2D eigenvalue weighted by Crippen LogP contribution is 2.32. The second-order valence-corrected chi connectivity index (χ2v) is 9.71. The zero-order valence-electron chi connectivity index (χ0n) is 17.6. The van der Waals surface area contributed by atoms with Crippen molar-refractivity contribution in [2.75, 3.05) is 26.1 Å². The number of ether oxygens (including phenoxy) is 2. The molecule has 1 N–H and O–H groups in total. The zero-order chi connectivity index (χ0) is 22.4. The molecule has 0 saturated heterocycles.